The van der Waals surface area contributed by atoms with Crippen molar-refractivity contribution in [3.8, 4) is 0 Å². The summed E-state index contributed by atoms with van der Waals surface area (Å²) in [6.07, 6.45) is 2.13. The quantitative estimate of drug-likeness (QED) is 0.562. The summed E-state index contributed by atoms with van der Waals surface area (Å²) in [6.45, 7) is 10.1. The van der Waals surface area contributed by atoms with E-state index in [4.69, 9.17) is 4.52 Å². The molecule has 0 aliphatic rings. The molecule has 0 bridgehead atoms. The third-order valence-electron chi connectivity index (χ3n) is 4.32. The van der Waals surface area contributed by atoms with Crippen molar-refractivity contribution < 1.29 is 4.52 Å². The fourth-order valence-electron chi connectivity index (χ4n) is 2.56. The molecule has 2 N–H and O–H groups in total. The summed E-state index contributed by atoms with van der Waals surface area (Å²) < 4.78 is 7.38. The van der Waals surface area contributed by atoms with Crippen LogP contribution in [0.15, 0.2) is 15.6 Å². The van der Waals surface area contributed by atoms with Crippen LogP contribution in [0.4, 0.5) is 0 Å². The average Bonchev–Trinajstić information content (AvgIpc) is 3.20. The number of hydrogen-bond donors (Lipinski definition) is 2. The van der Waals surface area contributed by atoms with Gasteiger partial charge in [0, 0.05) is 25.6 Å². The molecule has 8 nitrogen and oxygen atoms in total. The van der Waals surface area contributed by atoms with Gasteiger partial charge in [0.25, 0.3) is 0 Å². The SMILES string of the molecule is CCNC(=NCc1nnc(C)n1C)NCc1cc(C(CC)CC)no1. The van der Waals surface area contributed by atoms with E-state index in [2.05, 4.69) is 44.8 Å². The Labute approximate surface area is 149 Å². The second-order valence-electron chi connectivity index (χ2n) is 6.00. The first-order valence-electron chi connectivity index (χ1n) is 8.91. The van der Waals surface area contributed by atoms with Crippen LogP contribution in [0.3, 0.4) is 0 Å². The molecule has 0 aliphatic heterocycles. The van der Waals surface area contributed by atoms with Gasteiger partial charge in [-0.2, -0.15) is 0 Å². The van der Waals surface area contributed by atoms with Crippen molar-refractivity contribution in [1.82, 2.24) is 30.6 Å². The highest BCUT2D eigenvalue weighted by atomic mass is 16.5. The lowest BCUT2D eigenvalue weighted by molar-refractivity contribution is 0.368. The third kappa shape index (κ3) is 5.04. The Bertz CT molecular complexity index is 685. The monoisotopic (exact) mass is 347 g/mol. The molecule has 2 aromatic heterocycles. The second-order valence-corrected chi connectivity index (χ2v) is 6.00. The minimum atomic E-state index is 0.457. The van der Waals surface area contributed by atoms with Crippen LogP contribution in [-0.4, -0.2) is 32.4 Å². The van der Waals surface area contributed by atoms with E-state index >= 15 is 0 Å². The number of hydrogen-bond acceptors (Lipinski definition) is 5. The van der Waals surface area contributed by atoms with Gasteiger partial charge in [-0.25, -0.2) is 4.99 Å². The van der Waals surface area contributed by atoms with Crippen LogP contribution < -0.4 is 10.6 Å². The van der Waals surface area contributed by atoms with Crippen molar-refractivity contribution in [2.75, 3.05) is 6.54 Å². The van der Waals surface area contributed by atoms with E-state index in [0.29, 0.717) is 25.0 Å². The molecule has 0 fully saturated rings. The maximum Gasteiger partial charge on any atom is 0.192 e. The molecule has 0 radical (unpaired) electrons. The first-order valence-corrected chi connectivity index (χ1v) is 8.91. The number of guanidine groups is 1. The number of rotatable bonds is 8. The van der Waals surface area contributed by atoms with Gasteiger partial charge < -0.3 is 19.7 Å². The number of aliphatic imine (C=N–C) groups is 1. The Morgan fingerprint density at radius 2 is 2.00 bits per heavy atom. The number of nitrogens with one attached hydrogen (secondary N) is 2. The number of aryl methyl sites for hydroxylation is 1. The summed E-state index contributed by atoms with van der Waals surface area (Å²) in [5.41, 5.74) is 1.03. The second kappa shape index (κ2) is 9.19. The van der Waals surface area contributed by atoms with Gasteiger partial charge in [0.2, 0.25) is 0 Å². The van der Waals surface area contributed by atoms with Gasteiger partial charge in [-0.15, -0.1) is 10.2 Å². The topological polar surface area (TPSA) is 93.2 Å². The minimum absolute atomic E-state index is 0.457. The zero-order valence-corrected chi connectivity index (χ0v) is 15.8. The van der Waals surface area contributed by atoms with Gasteiger partial charge >= 0.3 is 0 Å². The Hall–Kier alpha value is -2.38. The fraction of sp³-hybridized carbons (Fsp3) is 0.647. The van der Waals surface area contributed by atoms with Crippen LogP contribution in [-0.2, 0) is 20.1 Å². The Morgan fingerprint density at radius 1 is 1.24 bits per heavy atom. The van der Waals surface area contributed by atoms with Crippen molar-refractivity contribution in [2.45, 2.75) is 59.5 Å². The first-order chi connectivity index (χ1) is 12.1. The first kappa shape index (κ1) is 19.0. The molecule has 8 heteroatoms. The smallest absolute Gasteiger partial charge is 0.192 e. The van der Waals surface area contributed by atoms with Gasteiger partial charge in [0.1, 0.15) is 12.4 Å². The molecule has 0 aromatic carbocycles. The lowest BCUT2D eigenvalue weighted by Gasteiger charge is -2.09. The molecule has 0 amide bonds. The predicted octanol–water partition coefficient (Wildman–Crippen LogP) is 2.27. The normalized spacial score (nSPS) is 12.0. The van der Waals surface area contributed by atoms with Crippen molar-refractivity contribution >= 4 is 5.96 Å². The van der Waals surface area contributed by atoms with Crippen LogP contribution in [0.1, 0.15) is 62.6 Å². The molecule has 0 saturated carbocycles. The van der Waals surface area contributed by atoms with E-state index in [1.54, 1.807) is 0 Å². The molecule has 0 unspecified atom stereocenters. The molecule has 0 saturated heterocycles. The lowest BCUT2D eigenvalue weighted by atomic mass is 9.99. The molecular weight excluding hydrogens is 318 g/mol. The zero-order chi connectivity index (χ0) is 18.2. The van der Waals surface area contributed by atoms with E-state index in [0.717, 1.165) is 42.5 Å². The molecular formula is C17H29N7O. The van der Waals surface area contributed by atoms with Crippen LogP contribution >= 0.6 is 0 Å². The number of aromatic nitrogens is 4. The van der Waals surface area contributed by atoms with Gasteiger partial charge in [0.15, 0.2) is 17.5 Å². The minimum Gasteiger partial charge on any atom is -0.359 e. The molecule has 25 heavy (non-hydrogen) atoms. The van der Waals surface area contributed by atoms with E-state index in [-0.39, 0.29) is 0 Å². The van der Waals surface area contributed by atoms with Crippen molar-refractivity contribution in [3.63, 3.8) is 0 Å². The molecule has 0 atom stereocenters. The third-order valence-corrected chi connectivity index (χ3v) is 4.32. The van der Waals surface area contributed by atoms with Crippen LogP contribution in [0.5, 0.6) is 0 Å². The molecule has 0 aliphatic carbocycles. The summed E-state index contributed by atoms with van der Waals surface area (Å²) in [5, 5.41) is 18.9. The average molecular weight is 347 g/mol. The summed E-state index contributed by atoms with van der Waals surface area (Å²) in [7, 11) is 1.94. The highest BCUT2D eigenvalue weighted by Crippen LogP contribution is 2.22. The van der Waals surface area contributed by atoms with Crippen LogP contribution in [0, 0.1) is 6.92 Å². The Kier molecular flexibility index (Phi) is 6.97. The Morgan fingerprint density at radius 3 is 2.60 bits per heavy atom. The standard InChI is InChI=1S/C17H29N7O/c1-6-13(7-2)15-9-14(25-23-15)10-19-17(18-8-3)20-11-16-22-21-12(4)24(16)5/h9,13H,6-8,10-11H2,1-5H3,(H2,18,19,20). The van der Waals surface area contributed by atoms with Crippen molar-refractivity contribution in [1.29, 1.82) is 0 Å². The van der Waals surface area contributed by atoms with Gasteiger partial charge in [-0.05, 0) is 26.7 Å². The van der Waals surface area contributed by atoms with E-state index in [1.807, 2.05) is 31.5 Å². The summed E-state index contributed by atoms with van der Waals surface area (Å²) in [6, 6.07) is 2.03. The highest BCUT2D eigenvalue weighted by molar-refractivity contribution is 5.79. The summed E-state index contributed by atoms with van der Waals surface area (Å²) in [4.78, 5) is 4.56. The maximum atomic E-state index is 5.44. The van der Waals surface area contributed by atoms with E-state index in [9.17, 15) is 0 Å². The highest BCUT2D eigenvalue weighted by Gasteiger charge is 2.13. The van der Waals surface area contributed by atoms with Crippen LogP contribution in [0.2, 0.25) is 0 Å². The van der Waals surface area contributed by atoms with Gasteiger partial charge in [0.05, 0.1) is 12.2 Å². The van der Waals surface area contributed by atoms with E-state index in [1.165, 1.54) is 0 Å². The molecule has 2 aromatic rings. The largest absolute Gasteiger partial charge is 0.359 e. The predicted molar refractivity (Wildman–Crippen MR) is 97.2 cm³/mol. The fourth-order valence-corrected chi connectivity index (χ4v) is 2.56. The van der Waals surface area contributed by atoms with Crippen molar-refractivity contribution in [3.05, 3.63) is 29.2 Å². The summed E-state index contributed by atoms with van der Waals surface area (Å²) >= 11 is 0. The summed E-state index contributed by atoms with van der Waals surface area (Å²) in [5.74, 6) is 3.67. The Balaban J connectivity index is 1.97. The zero-order valence-electron chi connectivity index (χ0n) is 15.8. The van der Waals surface area contributed by atoms with Crippen molar-refractivity contribution in [2.24, 2.45) is 12.0 Å². The van der Waals surface area contributed by atoms with Crippen LogP contribution in [0.25, 0.3) is 0 Å². The molecule has 138 valence electrons. The van der Waals surface area contributed by atoms with E-state index < -0.39 is 0 Å². The lowest BCUT2D eigenvalue weighted by Crippen LogP contribution is -2.36. The maximum absolute atomic E-state index is 5.44. The number of nitrogens with zero attached hydrogens (tertiary/aromatic N) is 5. The van der Waals surface area contributed by atoms with Gasteiger partial charge in [-0.1, -0.05) is 19.0 Å². The molecule has 2 heterocycles. The molecule has 2 rings (SSSR count). The van der Waals surface area contributed by atoms with Gasteiger partial charge in [-0.3, -0.25) is 0 Å². The molecule has 0 spiro atoms.